The minimum Gasteiger partial charge on any atom is -0.247 e. The fourth-order valence-corrected chi connectivity index (χ4v) is 8.21. The summed E-state index contributed by atoms with van der Waals surface area (Å²) in [6.45, 7) is 0. The van der Waals surface area contributed by atoms with Gasteiger partial charge in [-0.05, 0) is 61.6 Å². The minimum absolute atomic E-state index is 0.623. The molecule has 0 aliphatic heterocycles. The second-order valence-electron chi connectivity index (χ2n) is 14.2. The van der Waals surface area contributed by atoms with Gasteiger partial charge in [0.1, 0.15) is 0 Å². The van der Waals surface area contributed by atoms with Crippen molar-refractivity contribution >= 4 is 54.0 Å². The van der Waals surface area contributed by atoms with Crippen molar-refractivity contribution in [2.75, 3.05) is 0 Å². The average Bonchev–Trinajstić information content (AvgIpc) is 3.28. The third-order valence-corrected chi connectivity index (χ3v) is 10.9. The highest BCUT2D eigenvalue weighted by atomic mass is 15.0. The molecule has 0 bridgehead atoms. The van der Waals surface area contributed by atoms with Crippen LogP contribution in [-0.2, 0) is 0 Å². The van der Waals surface area contributed by atoms with Crippen molar-refractivity contribution in [2.45, 2.75) is 0 Å². The molecule has 0 spiro atoms. The first-order valence-corrected chi connectivity index (χ1v) is 18.9. The third-order valence-electron chi connectivity index (χ3n) is 10.9. The van der Waals surface area contributed by atoms with Crippen LogP contribution in [0.25, 0.3) is 111 Å². The van der Waals surface area contributed by atoms with E-state index in [0.29, 0.717) is 17.5 Å². The number of benzene rings is 9. The smallest absolute Gasteiger partial charge is 0.164 e. The van der Waals surface area contributed by atoms with Gasteiger partial charge in [-0.1, -0.05) is 176 Å². The van der Waals surface area contributed by atoms with E-state index in [-0.39, 0.29) is 0 Å². The molecule has 4 heteroatoms. The molecule has 0 fully saturated rings. The molecule has 0 atom stereocenters. The maximum absolute atomic E-state index is 5.27. The molecule has 260 valence electrons. The van der Waals surface area contributed by atoms with E-state index < -0.39 is 0 Å². The van der Waals surface area contributed by atoms with Gasteiger partial charge in [-0.15, -0.1) is 0 Å². The molecule has 56 heavy (non-hydrogen) atoms. The zero-order valence-electron chi connectivity index (χ0n) is 30.3. The van der Waals surface area contributed by atoms with Crippen LogP contribution in [0.4, 0.5) is 0 Å². The van der Waals surface area contributed by atoms with Gasteiger partial charge in [0.25, 0.3) is 0 Å². The van der Waals surface area contributed by atoms with Gasteiger partial charge in [0.05, 0.1) is 11.2 Å². The van der Waals surface area contributed by atoms with Crippen LogP contribution in [0.1, 0.15) is 0 Å². The molecule has 0 aliphatic carbocycles. The predicted molar refractivity (Wildman–Crippen MR) is 232 cm³/mol. The zero-order chi connectivity index (χ0) is 37.0. The van der Waals surface area contributed by atoms with E-state index in [4.69, 9.17) is 19.9 Å². The monoisotopic (exact) mass is 712 g/mol. The summed E-state index contributed by atoms with van der Waals surface area (Å²) in [5.74, 6) is 1.91. The molecule has 11 rings (SSSR count). The normalized spacial score (nSPS) is 11.6. The van der Waals surface area contributed by atoms with E-state index in [9.17, 15) is 0 Å². The average molecular weight is 713 g/mol. The van der Waals surface area contributed by atoms with Gasteiger partial charge in [0, 0.05) is 38.4 Å². The molecule has 0 amide bonds. The third kappa shape index (κ3) is 5.39. The SMILES string of the molecule is c1cc(-c2cccc(-c3nc4ccccc4c4c3ccc3ccccc34)c2)cc(-c2nc(-c3cccc4ccccc34)nc(-c3cccc4ccccc34)n2)c1. The van der Waals surface area contributed by atoms with E-state index in [0.717, 1.165) is 76.9 Å². The fourth-order valence-electron chi connectivity index (χ4n) is 8.21. The Morgan fingerprint density at radius 2 is 0.732 bits per heavy atom. The summed E-state index contributed by atoms with van der Waals surface area (Å²) in [5.41, 5.74) is 8.04. The van der Waals surface area contributed by atoms with Crippen molar-refractivity contribution in [1.29, 1.82) is 0 Å². The lowest BCUT2D eigenvalue weighted by Crippen LogP contribution is -2.01. The molecule has 0 N–H and O–H groups in total. The van der Waals surface area contributed by atoms with Crippen LogP contribution in [-0.4, -0.2) is 19.9 Å². The number of nitrogens with zero attached hydrogens (tertiary/aromatic N) is 4. The van der Waals surface area contributed by atoms with Crippen LogP contribution < -0.4 is 0 Å². The van der Waals surface area contributed by atoms with Crippen molar-refractivity contribution in [3.8, 4) is 56.5 Å². The van der Waals surface area contributed by atoms with Crippen molar-refractivity contribution in [1.82, 2.24) is 19.9 Å². The Kier molecular flexibility index (Phi) is 7.46. The topological polar surface area (TPSA) is 51.6 Å². The van der Waals surface area contributed by atoms with Gasteiger partial charge in [0.2, 0.25) is 0 Å². The van der Waals surface area contributed by atoms with Crippen LogP contribution in [0.3, 0.4) is 0 Å². The largest absolute Gasteiger partial charge is 0.247 e. The number of pyridine rings is 1. The maximum atomic E-state index is 5.27. The molecule has 0 saturated heterocycles. The molecule has 0 aliphatic rings. The van der Waals surface area contributed by atoms with E-state index in [1.807, 2.05) is 0 Å². The Labute approximate surface area is 323 Å². The highest BCUT2D eigenvalue weighted by molar-refractivity contribution is 6.22. The lowest BCUT2D eigenvalue weighted by atomic mass is 9.94. The standard InChI is InChI=1S/C52H32N4/c1-4-22-40-33(13-1)16-11-26-43(40)51-54-50(55-52(56-51)44-27-12-17-34-14-2-5-23-41(34)44)39-21-10-19-37(32-39)36-18-9-20-38(31-36)49-46-30-29-35-15-3-6-24-42(35)48(46)45-25-7-8-28-47(45)53-49/h1-32H. The highest BCUT2D eigenvalue weighted by Crippen LogP contribution is 2.39. The second-order valence-corrected chi connectivity index (χ2v) is 14.2. The summed E-state index contributed by atoms with van der Waals surface area (Å²) in [6, 6.07) is 68.1. The molecule has 0 unspecified atom stereocenters. The molecular formula is C52H32N4. The van der Waals surface area contributed by atoms with E-state index in [2.05, 4.69) is 194 Å². The van der Waals surface area contributed by atoms with Gasteiger partial charge < -0.3 is 0 Å². The van der Waals surface area contributed by atoms with E-state index >= 15 is 0 Å². The minimum atomic E-state index is 0.623. The molecule has 2 aromatic heterocycles. The van der Waals surface area contributed by atoms with Crippen molar-refractivity contribution in [2.24, 2.45) is 0 Å². The van der Waals surface area contributed by atoms with Crippen LogP contribution in [0, 0.1) is 0 Å². The fraction of sp³-hybridized carbons (Fsp3) is 0. The summed E-state index contributed by atoms with van der Waals surface area (Å²) < 4.78 is 0. The number of rotatable bonds is 5. The first-order chi connectivity index (χ1) is 27.7. The Bertz CT molecular complexity index is 3210. The van der Waals surface area contributed by atoms with Crippen LogP contribution >= 0.6 is 0 Å². The van der Waals surface area contributed by atoms with Crippen LogP contribution in [0.15, 0.2) is 194 Å². The Morgan fingerprint density at radius 1 is 0.268 bits per heavy atom. The van der Waals surface area contributed by atoms with Gasteiger partial charge in [-0.25, -0.2) is 19.9 Å². The lowest BCUT2D eigenvalue weighted by Gasteiger charge is -2.14. The Hall–Kier alpha value is -7.56. The molecule has 11 aromatic rings. The maximum Gasteiger partial charge on any atom is 0.164 e. The molecule has 9 aromatic carbocycles. The molecule has 2 heterocycles. The van der Waals surface area contributed by atoms with Crippen LogP contribution in [0.5, 0.6) is 0 Å². The van der Waals surface area contributed by atoms with Crippen molar-refractivity contribution < 1.29 is 0 Å². The van der Waals surface area contributed by atoms with Gasteiger partial charge >= 0.3 is 0 Å². The summed E-state index contributed by atoms with van der Waals surface area (Å²) in [6.07, 6.45) is 0. The molecule has 0 radical (unpaired) electrons. The lowest BCUT2D eigenvalue weighted by molar-refractivity contribution is 1.08. The van der Waals surface area contributed by atoms with Gasteiger partial charge in [-0.3, -0.25) is 0 Å². The summed E-state index contributed by atoms with van der Waals surface area (Å²) in [7, 11) is 0. The predicted octanol–water partition coefficient (Wildman–Crippen LogP) is 13.4. The molecular weight excluding hydrogens is 681 g/mol. The van der Waals surface area contributed by atoms with Crippen molar-refractivity contribution in [3.05, 3.63) is 194 Å². The highest BCUT2D eigenvalue weighted by Gasteiger charge is 2.17. The summed E-state index contributed by atoms with van der Waals surface area (Å²) in [4.78, 5) is 20.8. The Morgan fingerprint density at radius 3 is 1.39 bits per heavy atom. The quantitative estimate of drug-likeness (QED) is 0.167. The molecule has 0 saturated carbocycles. The van der Waals surface area contributed by atoms with Gasteiger partial charge in [0.15, 0.2) is 17.5 Å². The van der Waals surface area contributed by atoms with Crippen LogP contribution in [0.2, 0.25) is 0 Å². The van der Waals surface area contributed by atoms with Crippen molar-refractivity contribution in [3.63, 3.8) is 0 Å². The zero-order valence-corrected chi connectivity index (χ0v) is 30.3. The van der Waals surface area contributed by atoms with E-state index in [1.165, 1.54) is 16.2 Å². The first-order valence-electron chi connectivity index (χ1n) is 18.9. The second kappa shape index (κ2) is 13.1. The first kappa shape index (κ1) is 31.9. The number of hydrogen-bond donors (Lipinski definition) is 0. The van der Waals surface area contributed by atoms with Gasteiger partial charge in [-0.2, -0.15) is 0 Å². The van der Waals surface area contributed by atoms with E-state index in [1.54, 1.807) is 0 Å². The Balaban J connectivity index is 1.07. The summed E-state index contributed by atoms with van der Waals surface area (Å²) in [5, 5.41) is 10.5. The number of aromatic nitrogens is 4. The molecule has 4 nitrogen and oxygen atoms in total. The number of hydrogen-bond acceptors (Lipinski definition) is 4. The number of fused-ring (bicyclic) bond motifs is 7. The summed E-state index contributed by atoms with van der Waals surface area (Å²) >= 11 is 0. The number of para-hydroxylation sites is 1.